The molecule has 1 aliphatic rings. The Hall–Kier alpha value is -4.45. The summed E-state index contributed by atoms with van der Waals surface area (Å²) < 4.78 is 64.3. The third kappa shape index (κ3) is 6.18. The number of hydrogen-bond acceptors (Lipinski definition) is 6. The number of carbonyl (C=O) groups is 1. The maximum Gasteiger partial charge on any atom is 0.335 e. The molecular formula is C34H29ClF3N3O5. The van der Waals surface area contributed by atoms with Crippen LogP contribution in [0.15, 0.2) is 66.7 Å². The molecule has 3 aromatic carbocycles. The van der Waals surface area contributed by atoms with Gasteiger partial charge in [-0.25, -0.2) is 27.9 Å². The van der Waals surface area contributed by atoms with Gasteiger partial charge in [-0.3, -0.25) is 0 Å². The van der Waals surface area contributed by atoms with Crippen molar-refractivity contribution in [3.05, 3.63) is 112 Å². The van der Waals surface area contributed by atoms with Gasteiger partial charge in [0.25, 0.3) is 0 Å². The average Bonchev–Trinajstić information content (AvgIpc) is 3.57. The van der Waals surface area contributed by atoms with E-state index in [1.54, 1.807) is 19.2 Å². The zero-order valence-corrected chi connectivity index (χ0v) is 25.7. The van der Waals surface area contributed by atoms with Crippen LogP contribution in [-0.4, -0.2) is 52.5 Å². The summed E-state index contributed by atoms with van der Waals surface area (Å²) in [5.74, 6) is -2.50. The van der Waals surface area contributed by atoms with E-state index in [2.05, 4.69) is 4.98 Å². The van der Waals surface area contributed by atoms with E-state index in [0.29, 0.717) is 36.7 Å². The van der Waals surface area contributed by atoms with Crippen molar-refractivity contribution in [1.82, 2.24) is 14.5 Å². The molecule has 0 bridgehead atoms. The number of aromatic nitrogens is 3. The van der Waals surface area contributed by atoms with Crippen LogP contribution in [0.25, 0.3) is 22.3 Å². The van der Waals surface area contributed by atoms with Crippen LogP contribution in [0.2, 0.25) is 5.02 Å². The third-order valence-corrected chi connectivity index (χ3v) is 8.42. The molecule has 1 N–H and O–H groups in total. The van der Waals surface area contributed by atoms with Gasteiger partial charge >= 0.3 is 5.97 Å². The van der Waals surface area contributed by atoms with Crippen LogP contribution >= 0.6 is 11.6 Å². The molecule has 6 rings (SSSR count). The molecule has 46 heavy (non-hydrogen) atoms. The highest BCUT2D eigenvalue weighted by molar-refractivity contribution is 6.30. The molecule has 1 aliphatic heterocycles. The Balaban J connectivity index is 1.32. The molecule has 12 heteroatoms. The second kappa shape index (κ2) is 12.7. The summed E-state index contributed by atoms with van der Waals surface area (Å²) >= 11 is 5.81. The highest BCUT2D eigenvalue weighted by atomic mass is 35.5. The SMILES string of the molecule is COC[C@@]1(C)COC[C@H]1n1c(Cc2cc(F)c(-c3cccc(OCc4ccc(Cl)cc4F)n3)cc2F)nc2ccc(C(=O)O)cc21. The van der Waals surface area contributed by atoms with Crippen molar-refractivity contribution in [3.8, 4) is 17.1 Å². The molecule has 2 aromatic heterocycles. The van der Waals surface area contributed by atoms with Gasteiger partial charge in [0.2, 0.25) is 5.88 Å². The minimum atomic E-state index is -1.09. The molecule has 0 amide bonds. The van der Waals surface area contributed by atoms with E-state index in [0.717, 1.165) is 12.1 Å². The fraction of sp³-hybridized carbons (Fsp3) is 0.265. The van der Waals surface area contributed by atoms with E-state index in [1.807, 2.05) is 11.5 Å². The van der Waals surface area contributed by atoms with E-state index in [9.17, 15) is 14.3 Å². The van der Waals surface area contributed by atoms with E-state index in [-0.39, 0.29) is 57.9 Å². The standard InChI is InChI=1S/C34H29ClF3N3O5/c1-34(17-44-2)18-45-16-30(34)41-29-11-19(33(42)43)7-9-28(29)39-31(41)12-21-10-26(38)23(14-25(21)37)27-4-3-5-32(40-27)46-15-20-6-8-22(35)13-24(20)36/h3-11,13-14,30H,12,15-18H2,1-2H3,(H,42,43)/t30-,34+/m1/s1. The summed E-state index contributed by atoms with van der Waals surface area (Å²) in [4.78, 5) is 20.8. The Morgan fingerprint density at radius 3 is 2.61 bits per heavy atom. The van der Waals surface area contributed by atoms with Crippen LogP contribution in [0.3, 0.4) is 0 Å². The predicted octanol–water partition coefficient (Wildman–Crippen LogP) is 7.26. The highest BCUT2D eigenvalue weighted by Gasteiger charge is 2.43. The number of pyridine rings is 1. The zero-order valence-electron chi connectivity index (χ0n) is 24.9. The smallest absolute Gasteiger partial charge is 0.335 e. The van der Waals surface area contributed by atoms with Gasteiger partial charge in [-0.1, -0.05) is 30.7 Å². The van der Waals surface area contributed by atoms with Gasteiger partial charge in [-0.15, -0.1) is 0 Å². The minimum absolute atomic E-state index is 0.0502. The number of hydrogen-bond donors (Lipinski definition) is 1. The van der Waals surface area contributed by atoms with Gasteiger partial charge < -0.3 is 23.9 Å². The maximum absolute atomic E-state index is 15.7. The molecule has 1 saturated heterocycles. The van der Waals surface area contributed by atoms with Crippen molar-refractivity contribution in [2.24, 2.45) is 5.41 Å². The van der Waals surface area contributed by atoms with Crippen molar-refractivity contribution < 1.29 is 37.3 Å². The summed E-state index contributed by atoms with van der Waals surface area (Å²) in [7, 11) is 1.59. The zero-order chi connectivity index (χ0) is 32.6. The maximum atomic E-state index is 15.7. The number of nitrogens with zero attached hydrogens (tertiary/aromatic N) is 3. The lowest BCUT2D eigenvalue weighted by molar-refractivity contribution is 0.0614. The van der Waals surface area contributed by atoms with Crippen LogP contribution < -0.4 is 4.74 Å². The summed E-state index contributed by atoms with van der Waals surface area (Å²) in [6.07, 6.45) is -0.0804. The Labute approximate surface area is 267 Å². The lowest BCUT2D eigenvalue weighted by atomic mass is 9.85. The fourth-order valence-corrected chi connectivity index (χ4v) is 5.99. The normalized spacial score (nSPS) is 17.9. The molecule has 0 spiro atoms. The van der Waals surface area contributed by atoms with Gasteiger partial charge in [0.1, 0.15) is 29.9 Å². The molecule has 0 aliphatic carbocycles. The van der Waals surface area contributed by atoms with Gasteiger partial charge in [-0.2, -0.15) is 0 Å². The van der Waals surface area contributed by atoms with Crippen LogP contribution in [0, 0.1) is 22.9 Å². The summed E-state index contributed by atoms with van der Waals surface area (Å²) in [6.45, 7) is 2.92. The van der Waals surface area contributed by atoms with E-state index < -0.39 is 28.8 Å². The summed E-state index contributed by atoms with van der Waals surface area (Å²) in [5.41, 5.74) is 1.01. The van der Waals surface area contributed by atoms with E-state index >= 15 is 8.78 Å². The van der Waals surface area contributed by atoms with E-state index in [1.165, 1.54) is 42.5 Å². The molecule has 3 heterocycles. The number of halogens is 4. The lowest BCUT2D eigenvalue weighted by Crippen LogP contribution is -2.34. The topological polar surface area (TPSA) is 95.7 Å². The Bertz CT molecular complexity index is 1950. The first-order valence-corrected chi connectivity index (χ1v) is 14.8. The van der Waals surface area contributed by atoms with Gasteiger partial charge in [0.15, 0.2) is 0 Å². The summed E-state index contributed by atoms with van der Waals surface area (Å²) in [6, 6.07) is 15.3. The Morgan fingerprint density at radius 2 is 1.85 bits per heavy atom. The van der Waals surface area contributed by atoms with Crippen LogP contribution in [0.5, 0.6) is 5.88 Å². The van der Waals surface area contributed by atoms with Crippen LogP contribution in [-0.2, 0) is 22.5 Å². The third-order valence-electron chi connectivity index (χ3n) is 8.18. The first-order valence-electron chi connectivity index (χ1n) is 14.4. The van der Waals surface area contributed by atoms with Gasteiger partial charge in [0.05, 0.1) is 48.2 Å². The Kier molecular flexibility index (Phi) is 8.73. The molecule has 5 aromatic rings. The molecule has 0 unspecified atom stereocenters. The number of benzene rings is 3. The van der Waals surface area contributed by atoms with Crippen molar-refractivity contribution in [2.75, 3.05) is 26.9 Å². The molecule has 238 valence electrons. The minimum Gasteiger partial charge on any atom is -0.478 e. The molecule has 2 atom stereocenters. The number of aromatic carboxylic acids is 1. The number of imidazole rings is 1. The molecule has 0 saturated carbocycles. The molecule has 1 fully saturated rings. The molecule has 8 nitrogen and oxygen atoms in total. The first kappa shape index (κ1) is 31.5. The average molecular weight is 652 g/mol. The van der Waals surface area contributed by atoms with Crippen molar-refractivity contribution in [1.29, 1.82) is 0 Å². The first-order chi connectivity index (χ1) is 22.1. The molecule has 0 radical (unpaired) electrons. The fourth-order valence-electron chi connectivity index (χ4n) is 5.83. The number of methoxy groups -OCH3 is 1. The predicted molar refractivity (Wildman–Crippen MR) is 165 cm³/mol. The number of fused-ring (bicyclic) bond motifs is 1. The molecular weight excluding hydrogens is 623 g/mol. The second-order valence-electron chi connectivity index (χ2n) is 11.5. The quantitative estimate of drug-likeness (QED) is 0.170. The van der Waals surface area contributed by atoms with E-state index in [4.69, 9.17) is 30.8 Å². The lowest BCUT2D eigenvalue weighted by Gasteiger charge is -2.31. The van der Waals surface area contributed by atoms with Crippen molar-refractivity contribution in [2.45, 2.75) is 26.0 Å². The van der Waals surface area contributed by atoms with Crippen LogP contribution in [0.4, 0.5) is 13.2 Å². The van der Waals surface area contributed by atoms with Gasteiger partial charge in [-0.05, 0) is 54.1 Å². The number of carboxylic acid groups (broad SMARTS) is 1. The summed E-state index contributed by atoms with van der Waals surface area (Å²) in [5, 5.41) is 9.89. The Morgan fingerprint density at radius 1 is 1.04 bits per heavy atom. The second-order valence-corrected chi connectivity index (χ2v) is 11.9. The number of ether oxygens (including phenoxy) is 3. The highest BCUT2D eigenvalue weighted by Crippen LogP contribution is 2.41. The number of carboxylic acids is 1. The monoisotopic (exact) mass is 651 g/mol. The number of rotatable bonds is 10. The van der Waals surface area contributed by atoms with Crippen molar-refractivity contribution in [3.63, 3.8) is 0 Å². The van der Waals surface area contributed by atoms with Gasteiger partial charge in [0, 0.05) is 41.2 Å². The largest absolute Gasteiger partial charge is 0.478 e. The van der Waals surface area contributed by atoms with Crippen molar-refractivity contribution >= 4 is 28.6 Å². The van der Waals surface area contributed by atoms with Crippen LogP contribution in [0.1, 0.15) is 40.3 Å².